The Balaban J connectivity index is 1.61. The average Bonchev–Trinajstić information content (AvgIpc) is 3.82. The second-order valence-corrected chi connectivity index (χ2v) is 15.2. The summed E-state index contributed by atoms with van der Waals surface area (Å²) >= 11 is 0. The lowest BCUT2D eigenvalue weighted by atomic mass is 9.91. The molecule has 2 aromatic carbocycles. The van der Waals surface area contributed by atoms with E-state index in [2.05, 4.69) is 88.1 Å². The van der Waals surface area contributed by atoms with Crippen LogP contribution >= 0.6 is 0 Å². The number of carbonyl (C=O) groups excluding carboxylic acids is 2. The van der Waals surface area contributed by atoms with Gasteiger partial charge >= 0.3 is 0 Å². The molecule has 0 atom stereocenters. The molecule has 7 heterocycles. The monoisotopic (exact) mass is 728 g/mol. The number of nitrogens with zero attached hydrogens (tertiary/aromatic N) is 2. The van der Waals surface area contributed by atoms with E-state index in [4.69, 9.17) is 9.97 Å². The molecule has 0 saturated carbocycles. The first kappa shape index (κ1) is 36.0. The zero-order chi connectivity index (χ0) is 38.7. The fourth-order valence-electron chi connectivity index (χ4n) is 8.15. The van der Waals surface area contributed by atoms with Gasteiger partial charge in [0.25, 0.3) is 11.8 Å². The molecule has 0 aliphatic carbocycles. The molecule has 9 rings (SSSR count). The van der Waals surface area contributed by atoms with Crippen LogP contribution < -0.4 is 10.6 Å². The normalized spacial score (nSPS) is 15.1. The summed E-state index contributed by atoms with van der Waals surface area (Å²) in [6, 6.07) is 20.0. The van der Waals surface area contributed by atoms with Gasteiger partial charge in [-0.3, -0.25) is 9.59 Å². The number of hydrogen-bond donors (Lipinski definition) is 4. The first-order valence-electron chi connectivity index (χ1n) is 19.3. The molecule has 4 aliphatic heterocycles. The van der Waals surface area contributed by atoms with Gasteiger partial charge in [0.15, 0.2) is 0 Å². The molecule has 8 heteroatoms. The second-order valence-electron chi connectivity index (χ2n) is 15.2. The molecule has 4 N–H and O–H groups in total. The largest absolute Gasteiger partial charge is 0.354 e. The number of allylic oxidation sites excluding steroid dienone is 4. The molecule has 8 nitrogen and oxygen atoms in total. The summed E-state index contributed by atoms with van der Waals surface area (Å²) in [7, 11) is 0. The van der Waals surface area contributed by atoms with E-state index >= 15 is 0 Å². The van der Waals surface area contributed by atoms with Gasteiger partial charge in [-0.1, -0.05) is 36.4 Å². The lowest BCUT2D eigenvalue weighted by molar-refractivity contribution is 0.0948. The maximum absolute atomic E-state index is 14.1. The number of fused-ring (bicyclic) bond motifs is 8. The van der Waals surface area contributed by atoms with Gasteiger partial charge in [0.05, 0.1) is 33.8 Å². The number of aromatic amines is 2. The SMILES string of the molecule is CC1=C(C)c2nc1cc1[nH]c(c(C)c1C)c1c3[nH]c(cc4nc(c2-c2ccccc2C(=O)NCCCCCNC(=O)c2ccccc2-1)C(C)=C4C)c(C)c3C. The van der Waals surface area contributed by atoms with Gasteiger partial charge in [-0.15, -0.1) is 0 Å². The number of benzene rings is 2. The zero-order valence-corrected chi connectivity index (χ0v) is 33.0. The van der Waals surface area contributed by atoms with Gasteiger partial charge in [0.2, 0.25) is 0 Å². The summed E-state index contributed by atoms with van der Waals surface area (Å²) < 4.78 is 0. The van der Waals surface area contributed by atoms with Crippen molar-refractivity contribution in [2.24, 2.45) is 0 Å². The van der Waals surface area contributed by atoms with Crippen molar-refractivity contribution in [2.45, 2.75) is 74.7 Å². The number of nitrogens with one attached hydrogen (secondary N) is 4. The third kappa shape index (κ3) is 6.00. The van der Waals surface area contributed by atoms with Crippen LogP contribution in [0.5, 0.6) is 0 Å². The third-order valence-electron chi connectivity index (χ3n) is 12.1. The Morgan fingerprint density at radius 1 is 0.473 bits per heavy atom. The highest BCUT2D eigenvalue weighted by Crippen LogP contribution is 2.44. The van der Waals surface area contributed by atoms with E-state index in [9.17, 15) is 9.59 Å². The Hall–Kier alpha value is -6.02. The standard InChI is InChI=1S/C47H48N6O2/c1-24-28(5)42-40-32-16-10-12-18-34(32)46(54)48-20-14-9-15-21-49-47(55)35-19-13-11-17-33(35)41(44-29(6)25(2)37(51-44)22-36(24)50-42)45-31(8)27(4)39(53-45)23-38-26(3)30(7)43(40)52-38/h10-13,16-19,22-23,50,52H,9,14-15,20-21H2,1-8H3,(H,48,54)(H,49,55). The predicted molar refractivity (Wildman–Crippen MR) is 226 cm³/mol. The molecule has 0 unspecified atom stereocenters. The van der Waals surface area contributed by atoms with Gasteiger partial charge in [-0.25, -0.2) is 9.97 Å². The Morgan fingerprint density at radius 3 is 1.31 bits per heavy atom. The summed E-state index contributed by atoms with van der Waals surface area (Å²) in [5.74, 6) is -0.251. The lowest BCUT2D eigenvalue weighted by Gasteiger charge is -2.14. The van der Waals surface area contributed by atoms with Crippen molar-refractivity contribution in [1.82, 2.24) is 30.6 Å². The van der Waals surface area contributed by atoms with Crippen LogP contribution in [0.15, 0.2) is 60.7 Å². The summed E-state index contributed by atoms with van der Waals surface area (Å²) in [6.45, 7) is 18.1. The van der Waals surface area contributed by atoms with Gasteiger partial charge in [0, 0.05) is 46.4 Å². The van der Waals surface area contributed by atoms with Crippen LogP contribution in [-0.4, -0.2) is 44.8 Å². The van der Waals surface area contributed by atoms with E-state index in [1.807, 2.05) is 48.5 Å². The highest BCUT2D eigenvalue weighted by atomic mass is 16.2. The summed E-state index contributed by atoms with van der Waals surface area (Å²) in [5.41, 5.74) is 20.3. The van der Waals surface area contributed by atoms with Crippen LogP contribution in [0, 0.1) is 27.7 Å². The summed E-state index contributed by atoms with van der Waals surface area (Å²) in [6.07, 6.45) is 2.45. The van der Waals surface area contributed by atoms with Gasteiger partial charge in [0.1, 0.15) is 0 Å². The predicted octanol–water partition coefficient (Wildman–Crippen LogP) is 10.4. The highest BCUT2D eigenvalue weighted by molar-refractivity contribution is 6.09. The van der Waals surface area contributed by atoms with E-state index < -0.39 is 0 Å². The molecule has 5 aromatic rings. The highest BCUT2D eigenvalue weighted by Gasteiger charge is 2.28. The molecule has 55 heavy (non-hydrogen) atoms. The minimum absolute atomic E-state index is 0.117. The van der Waals surface area contributed by atoms with Crippen LogP contribution in [0.4, 0.5) is 0 Å². The van der Waals surface area contributed by atoms with Crippen LogP contribution in [0.25, 0.3) is 66.6 Å². The van der Waals surface area contributed by atoms with E-state index in [0.29, 0.717) is 24.2 Å². The minimum Gasteiger partial charge on any atom is -0.354 e. The van der Waals surface area contributed by atoms with Crippen molar-refractivity contribution >= 4 is 56.2 Å². The molecule has 0 spiro atoms. The van der Waals surface area contributed by atoms with Crippen LogP contribution in [-0.2, 0) is 0 Å². The third-order valence-corrected chi connectivity index (χ3v) is 12.1. The quantitative estimate of drug-likeness (QED) is 0.127. The summed E-state index contributed by atoms with van der Waals surface area (Å²) in [5, 5.41) is 6.37. The molecular formula is C47H48N6O2. The molecule has 10 bridgehead atoms. The van der Waals surface area contributed by atoms with Crippen molar-refractivity contribution in [2.75, 3.05) is 13.1 Å². The number of carbonyl (C=O) groups is 2. The van der Waals surface area contributed by atoms with Crippen LogP contribution in [0.2, 0.25) is 0 Å². The lowest BCUT2D eigenvalue weighted by Crippen LogP contribution is -2.26. The topological polar surface area (TPSA) is 116 Å². The fourth-order valence-corrected chi connectivity index (χ4v) is 8.15. The van der Waals surface area contributed by atoms with Crippen molar-refractivity contribution in [3.05, 3.63) is 117 Å². The average molecular weight is 729 g/mol. The van der Waals surface area contributed by atoms with E-state index in [1.54, 1.807) is 0 Å². The number of amides is 2. The Bertz CT molecular complexity index is 2580. The maximum atomic E-state index is 14.1. The molecule has 278 valence electrons. The van der Waals surface area contributed by atoms with Crippen molar-refractivity contribution in [3.63, 3.8) is 0 Å². The summed E-state index contributed by atoms with van der Waals surface area (Å²) in [4.78, 5) is 46.5. The smallest absolute Gasteiger partial charge is 0.251 e. The number of H-pyrrole nitrogens is 2. The molecule has 0 fully saturated rings. The molecule has 2 amide bonds. The first-order chi connectivity index (χ1) is 26.5. The Labute approximate surface area is 322 Å². The van der Waals surface area contributed by atoms with Crippen LogP contribution in [0.1, 0.15) is 113 Å². The fraction of sp³-hybridized carbons (Fsp3) is 0.277. The Kier molecular flexibility index (Phi) is 9.16. The van der Waals surface area contributed by atoms with Crippen molar-refractivity contribution < 1.29 is 9.59 Å². The zero-order valence-electron chi connectivity index (χ0n) is 33.0. The van der Waals surface area contributed by atoms with Gasteiger partial charge < -0.3 is 20.6 Å². The van der Waals surface area contributed by atoms with Crippen molar-refractivity contribution in [3.8, 4) is 22.3 Å². The number of hydrogen-bond acceptors (Lipinski definition) is 4. The van der Waals surface area contributed by atoms with Gasteiger partial charge in [-0.2, -0.15) is 0 Å². The van der Waals surface area contributed by atoms with Crippen molar-refractivity contribution in [1.29, 1.82) is 0 Å². The van der Waals surface area contributed by atoms with Crippen LogP contribution in [0.3, 0.4) is 0 Å². The molecule has 3 aromatic heterocycles. The van der Waals surface area contributed by atoms with E-state index in [0.717, 1.165) is 131 Å². The van der Waals surface area contributed by atoms with E-state index in [-0.39, 0.29) is 11.8 Å². The molecular weight excluding hydrogens is 681 g/mol. The first-order valence-corrected chi connectivity index (χ1v) is 19.3. The minimum atomic E-state index is -0.134. The van der Waals surface area contributed by atoms with Gasteiger partial charge in [-0.05, 0) is 155 Å². The number of rotatable bonds is 0. The molecule has 4 aliphatic rings. The van der Waals surface area contributed by atoms with E-state index in [1.165, 1.54) is 0 Å². The Morgan fingerprint density at radius 2 is 0.873 bits per heavy atom. The number of aryl methyl sites for hydroxylation is 4. The second kappa shape index (κ2) is 14.0. The maximum Gasteiger partial charge on any atom is 0.251 e. The number of aromatic nitrogens is 4. The molecule has 0 radical (unpaired) electrons. The molecule has 0 saturated heterocycles.